The fraction of sp³-hybridized carbons (Fsp3) is 0.600. The molecule has 0 radical (unpaired) electrons. The largest absolute Gasteiger partial charge is 0.389 e. The highest BCUT2D eigenvalue weighted by Gasteiger charge is 2.14. The molecule has 0 aliphatic heterocycles. The van der Waals surface area contributed by atoms with Crippen LogP contribution in [0.1, 0.15) is 45.8 Å². The third-order valence-corrected chi connectivity index (χ3v) is 3.41. The Morgan fingerprint density at radius 3 is 2.39 bits per heavy atom. The van der Waals surface area contributed by atoms with Gasteiger partial charge in [0.2, 0.25) is 0 Å². The van der Waals surface area contributed by atoms with Crippen molar-refractivity contribution < 1.29 is 9.50 Å². The summed E-state index contributed by atoms with van der Waals surface area (Å²) in [5.41, 5.74) is 1.25. The normalized spacial score (nSPS) is 14.3. The molecule has 0 bridgehead atoms. The zero-order valence-corrected chi connectivity index (χ0v) is 11.8. The van der Waals surface area contributed by atoms with Gasteiger partial charge in [0.1, 0.15) is 5.82 Å². The van der Waals surface area contributed by atoms with E-state index < -0.39 is 6.10 Å². The van der Waals surface area contributed by atoms with Gasteiger partial charge in [0.15, 0.2) is 0 Å². The number of aliphatic hydroxyl groups is 1. The summed E-state index contributed by atoms with van der Waals surface area (Å²) in [5, 5.41) is 9.44. The molecule has 0 aliphatic carbocycles. The Bertz CT molecular complexity index is 379. The highest BCUT2D eigenvalue weighted by molar-refractivity contribution is 5.49. The maximum absolute atomic E-state index is 14.0. The number of aliphatic hydroxyl groups excluding tert-OH is 1. The number of benzene rings is 1. The molecule has 1 aromatic rings. The summed E-state index contributed by atoms with van der Waals surface area (Å²) in [5.74, 6) is 0.291. The zero-order valence-electron chi connectivity index (χ0n) is 11.8. The first-order chi connectivity index (χ1) is 8.49. The molecule has 1 aromatic carbocycles. The van der Waals surface area contributed by atoms with E-state index in [1.807, 2.05) is 6.92 Å². The Hall–Kier alpha value is -1.09. The van der Waals surface area contributed by atoms with Crippen LogP contribution in [-0.2, 0) is 0 Å². The molecule has 2 atom stereocenters. The van der Waals surface area contributed by atoms with Crippen LogP contribution in [0.15, 0.2) is 18.2 Å². The van der Waals surface area contributed by atoms with Crippen LogP contribution in [0, 0.1) is 11.7 Å². The molecular weight excluding hydrogens is 229 g/mol. The van der Waals surface area contributed by atoms with Crippen molar-refractivity contribution in [3.8, 4) is 0 Å². The molecule has 0 aliphatic rings. The van der Waals surface area contributed by atoms with E-state index in [2.05, 4.69) is 18.7 Å². The molecule has 2 nitrogen and oxygen atoms in total. The van der Waals surface area contributed by atoms with E-state index in [4.69, 9.17) is 0 Å². The van der Waals surface area contributed by atoms with Crippen LogP contribution in [0.4, 0.5) is 10.1 Å². The molecule has 0 saturated heterocycles. The first kappa shape index (κ1) is 15.0. The van der Waals surface area contributed by atoms with Crippen molar-refractivity contribution in [2.45, 2.75) is 40.2 Å². The monoisotopic (exact) mass is 253 g/mol. The van der Waals surface area contributed by atoms with Gasteiger partial charge < -0.3 is 10.0 Å². The molecule has 3 heteroatoms. The molecule has 0 amide bonds. The minimum Gasteiger partial charge on any atom is -0.389 e. The van der Waals surface area contributed by atoms with Crippen LogP contribution in [0.2, 0.25) is 0 Å². The molecule has 0 saturated carbocycles. The Morgan fingerprint density at radius 2 is 1.94 bits per heavy atom. The van der Waals surface area contributed by atoms with Crippen LogP contribution in [-0.4, -0.2) is 18.2 Å². The highest BCUT2D eigenvalue weighted by atomic mass is 19.1. The fourth-order valence-electron chi connectivity index (χ4n) is 1.94. The van der Waals surface area contributed by atoms with Crippen molar-refractivity contribution in [3.63, 3.8) is 0 Å². The molecule has 1 rings (SSSR count). The minimum absolute atomic E-state index is 0.251. The molecule has 18 heavy (non-hydrogen) atoms. The number of nitrogens with zero attached hydrogens (tertiary/aromatic N) is 1. The number of anilines is 1. The molecule has 1 N–H and O–H groups in total. The summed E-state index contributed by atoms with van der Waals surface area (Å²) in [6.45, 7) is 9.64. The smallest absolute Gasteiger partial charge is 0.146 e. The quantitative estimate of drug-likeness (QED) is 0.834. The van der Waals surface area contributed by atoms with Gasteiger partial charge in [-0.05, 0) is 37.5 Å². The Kier molecular flexibility index (Phi) is 5.60. The SMILES string of the molecule is CCC(C)CN(CC)c1ccc([C@H](C)O)cc1F. The molecule has 0 aromatic heterocycles. The Labute approximate surface area is 109 Å². The summed E-state index contributed by atoms with van der Waals surface area (Å²) >= 11 is 0. The maximum Gasteiger partial charge on any atom is 0.146 e. The Morgan fingerprint density at radius 1 is 1.28 bits per heavy atom. The second-order valence-electron chi connectivity index (χ2n) is 4.94. The van der Waals surface area contributed by atoms with E-state index in [1.165, 1.54) is 6.07 Å². The molecule has 0 heterocycles. The predicted octanol–water partition coefficient (Wildman–Crippen LogP) is 3.75. The summed E-state index contributed by atoms with van der Waals surface area (Å²) in [6.07, 6.45) is 0.461. The second kappa shape index (κ2) is 6.74. The lowest BCUT2D eigenvalue weighted by atomic mass is 10.1. The van der Waals surface area contributed by atoms with Gasteiger partial charge in [-0.3, -0.25) is 0 Å². The molecule has 0 spiro atoms. The minimum atomic E-state index is -0.627. The van der Waals surface area contributed by atoms with Gasteiger partial charge in [0.25, 0.3) is 0 Å². The zero-order chi connectivity index (χ0) is 13.7. The molecular formula is C15H24FNO. The maximum atomic E-state index is 14.0. The fourth-order valence-corrected chi connectivity index (χ4v) is 1.94. The van der Waals surface area contributed by atoms with Crippen LogP contribution in [0.25, 0.3) is 0 Å². The van der Waals surface area contributed by atoms with E-state index in [-0.39, 0.29) is 5.82 Å². The van der Waals surface area contributed by atoms with Crippen molar-refractivity contribution in [1.82, 2.24) is 0 Å². The lowest BCUT2D eigenvalue weighted by Gasteiger charge is -2.27. The van der Waals surface area contributed by atoms with Gasteiger partial charge in [-0.15, -0.1) is 0 Å². The summed E-state index contributed by atoms with van der Waals surface area (Å²) in [4.78, 5) is 2.05. The third kappa shape index (κ3) is 3.70. The van der Waals surface area contributed by atoms with Gasteiger partial charge in [-0.25, -0.2) is 4.39 Å². The van der Waals surface area contributed by atoms with Crippen LogP contribution < -0.4 is 4.90 Å². The number of rotatable bonds is 6. The van der Waals surface area contributed by atoms with E-state index >= 15 is 0 Å². The van der Waals surface area contributed by atoms with E-state index in [9.17, 15) is 9.50 Å². The molecule has 102 valence electrons. The first-order valence-electron chi connectivity index (χ1n) is 6.72. The summed E-state index contributed by atoms with van der Waals surface area (Å²) in [7, 11) is 0. The van der Waals surface area contributed by atoms with Crippen LogP contribution >= 0.6 is 0 Å². The Balaban J connectivity index is 2.93. The first-order valence-corrected chi connectivity index (χ1v) is 6.72. The third-order valence-electron chi connectivity index (χ3n) is 3.41. The van der Waals surface area contributed by atoms with Crippen molar-refractivity contribution in [1.29, 1.82) is 0 Å². The number of halogens is 1. The van der Waals surface area contributed by atoms with Crippen molar-refractivity contribution >= 4 is 5.69 Å². The van der Waals surface area contributed by atoms with Gasteiger partial charge in [0.05, 0.1) is 11.8 Å². The van der Waals surface area contributed by atoms with Crippen LogP contribution in [0.5, 0.6) is 0 Å². The van der Waals surface area contributed by atoms with E-state index in [1.54, 1.807) is 19.1 Å². The second-order valence-corrected chi connectivity index (χ2v) is 4.94. The van der Waals surface area contributed by atoms with Crippen molar-refractivity contribution in [2.24, 2.45) is 5.92 Å². The predicted molar refractivity (Wildman–Crippen MR) is 74.4 cm³/mol. The average Bonchev–Trinajstić information content (AvgIpc) is 2.35. The van der Waals surface area contributed by atoms with Gasteiger partial charge in [-0.2, -0.15) is 0 Å². The number of hydrogen-bond acceptors (Lipinski definition) is 2. The van der Waals surface area contributed by atoms with Crippen molar-refractivity contribution in [3.05, 3.63) is 29.6 Å². The van der Waals surface area contributed by atoms with Crippen molar-refractivity contribution in [2.75, 3.05) is 18.0 Å². The average molecular weight is 253 g/mol. The van der Waals surface area contributed by atoms with Gasteiger partial charge in [0, 0.05) is 13.1 Å². The standard InChI is InChI=1S/C15H24FNO/c1-5-11(3)10-17(6-2)15-8-7-13(12(4)18)9-14(15)16/h7-9,11-12,18H,5-6,10H2,1-4H3/t11?,12-/m0/s1. The summed E-state index contributed by atoms with van der Waals surface area (Å²) < 4.78 is 14.0. The summed E-state index contributed by atoms with van der Waals surface area (Å²) in [6, 6.07) is 4.99. The topological polar surface area (TPSA) is 23.5 Å². The molecule has 0 fully saturated rings. The highest BCUT2D eigenvalue weighted by Crippen LogP contribution is 2.24. The lowest BCUT2D eigenvalue weighted by molar-refractivity contribution is 0.199. The van der Waals surface area contributed by atoms with E-state index in [0.29, 0.717) is 17.2 Å². The number of hydrogen-bond donors (Lipinski definition) is 1. The van der Waals surface area contributed by atoms with E-state index in [0.717, 1.165) is 19.5 Å². The molecule has 1 unspecified atom stereocenters. The van der Waals surface area contributed by atoms with Crippen LogP contribution in [0.3, 0.4) is 0 Å². The van der Waals surface area contributed by atoms with Gasteiger partial charge in [-0.1, -0.05) is 26.3 Å². The van der Waals surface area contributed by atoms with Gasteiger partial charge >= 0.3 is 0 Å². The lowest BCUT2D eigenvalue weighted by Crippen LogP contribution is -2.28.